The Bertz CT molecular complexity index is 727. The molecule has 21 heavy (non-hydrogen) atoms. The van der Waals surface area contributed by atoms with Crippen molar-refractivity contribution in [2.75, 3.05) is 6.54 Å². The maximum Gasteiger partial charge on any atom is 0.117 e. The van der Waals surface area contributed by atoms with Gasteiger partial charge in [0.1, 0.15) is 17.3 Å². The number of para-hydroxylation sites is 2. The molecule has 3 aromatic rings. The topological polar surface area (TPSA) is 43.0 Å². The van der Waals surface area contributed by atoms with E-state index in [2.05, 4.69) is 34.9 Å². The number of rotatable bonds is 6. The Morgan fingerprint density at radius 3 is 2.76 bits per heavy atom. The Kier molecular flexibility index (Phi) is 4.06. The third-order valence-corrected chi connectivity index (χ3v) is 3.66. The molecule has 0 aliphatic rings. The second-order valence-corrected chi connectivity index (χ2v) is 5.30. The number of benzene rings is 1. The summed E-state index contributed by atoms with van der Waals surface area (Å²) in [5, 5.41) is 3.35. The average Bonchev–Trinajstić information content (AvgIpc) is 3.06. The number of hydrogen-bond acceptors (Lipinski definition) is 3. The van der Waals surface area contributed by atoms with Crippen LogP contribution >= 0.6 is 0 Å². The third kappa shape index (κ3) is 3.00. The summed E-state index contributed by atoms with van der Waals surface area (Å²) in [6.07, 6.45) is 1.85. The van der Waals surface area contributed by atoms with Gasteiger partial charge in [-0.1, -0.05) is 19.1 Å². The molecule has 0 amide bonds. The van der Waals surface area contributed by atoms with E-state index in [9.17, 15) is 0 Å². The van der Waals surface area contributed by atoms with Crippen molar-refractivity contribution in [3.05, 3.63) is 53.7 Å². The molecule has 0 saturated carbocycles. The van der Waals surface area contributed by atoms with Gasteiger partial charge in [-0.3, -0.25) is 0 Å². The molecule has 2 aromatic heterocycles. The zero-order valence-electron chi connectivity index (χ0n) is 12.6. The lowest BCUT2D eigenvalue weighted by Gasteiger charge is -2.01. The molecule has 1 aromatic carbocycles. The van der Waals surface area contributed by atoms with Gasteiger partial charge in [0.05, 0.1) is 24.0 Å². The normalized spacial score (nSPS) is 11.3. The van der Waals surface area contributed by atoms with Crippen LogP contribution in [-0.2, 0) is 20.0 Å². The monoisotopic (exact) mass is 283 g/mol. The molecule has 3 rings (SSSR count). The summed E-state index contributed by atoms with van der Waals surface area (Å²) < 4.78 is 8.00. The molecule has 0 radical (unpaired) electrons. The van der Waals surface area contributed by atoms with Gasteiger partial charge in [0, 0.05) is 7.05 Å². The Morgan fingerprint density at radius 1 is 1.14 bits per heavy atom. The zero-order valence-corrected chi connectivity index (χ0v) is 12.6. The van der Waals surface area contributed by atoms with E-state index >= 15 is 0 Å². The lowest BCUT2D eigenvalue weighted by atomic mass is 10.3. The highest BCUT2D eigenvalue weighted by molar-refractivity contribution is 5.75. The fourth-order valence-electron chi connectivity index (χ4n) is 2.51. The second-order valence-electron chi connectivity index (χ2n) is 5.30. The Labute approximate surface area is 124 Å². The fourth-order valence-corrected chi connectivity index (χ4v) is 2.51. The lowest BCUT2D eigenvalue weighted by molar-refractivity contribution is 0.450. The van der Waals surface area contributed by atoms with Crippen LogP contribution in [0.3, 0.4) is 0 Å². The average molecular weight is 283 g/mol. The number of nitrogens with zero attached hydrogens (tertiary/aromatic N) is 2. The third-order valence-electron chi connectivity index (χ3n) is 3.66. The molecule has 0 aliphatic heterocycles. The zero-order chi connectivity index (χ0) is 14.7. The first-order valence-corrected chi connectivity index (χ1v) is 7.46. The largest absolute Gasteiger partial charge is 0.464 e. The van der Waals surface area contributed by atoms with E-state index in [0.717, 1.165) is 54.3 Å². The number of furan rings is 1. The van der Waals surface area contributed by atoms with Crippen LogP contribution in [0.15, 0.2) is 40.8 Å². The molecular weight excluding hydrogens is 262 g/mol. The minimum atomic E-state index is 0.721. The molecule has 0 unspecified atom stereocenters. The SMILES string of the molecule is CCCNCc1ccc(Cc2nc3ccccc3n2C)o1. The van der Waals surface area contributed by atoms with Crippen LogP contribution in [0.4, 0.5) is 0 Å². The van der Waals surface area contributed by atoms with Gasteiger partial charge in [0.2, 0.25) is 0 Å². The Hall–Kier alpha value is -2.07. The molecule has 0 saturated heterocycles. The predicted molar refractivity (Wildman–Crippen MR) is 84.2 cm³/mol. The maximum atomic E-state index is 5.87. The number of imidazole rings is 1. The summed E-state index contributed by atoms with van der Waals surface area (Å²) >= 11 is 0. The van der Waals surface area contributed by atoms with E-state index in [1.54, 1.807) is 0 Å². The summed E-state index contributed by atoms with van der Waals surface area (Å²) in [4.78, 5) is 4.68. The molecule has 0 spiro atoms. The van der Waals surface area contributed by atoms with E-state index in [4.69, 9.17) is 4.42 Å². The van der Waals surface area contributed by atoms with E-state index in [0.29, 0.717) is 0 Å². The molecule has 1 N–H and O–H groups in total. The molecule has 4 heteroatoms. The fraction of sp³-hybridized carbons (Fsp3) is 0.353. The highest BCUT2D eigenvalue weighted by Gasteiger charge is 2.10. The smallest absolute Gasteiger partial charge is 0.117 e. The Balaban J connectivity index is 1.74. The highest BCUT2D eigenvalue weighted by Crippen LogP contribution is 2.18. The minimum absolute atomic E-state index is 0.721. The van der Waals surface area contributed by atoms with Crippen molar-refractivity contribution >= 4 is 11.0 Å². The van der Waals surface area contributed by atoms with Crippen LogP contribution in [-0.4, -0.2) is 16.1 Å². The summed E-state index contributed by atoms with van der Waals surface area (Å²) in [5.74, 6) is 2.97. The number of fused-ring (bicyclic) bond motifs is 1. The number of hydrogen-bond donors (Lipinski definition) is 1. The van der Waals surface area contributed by atoms with Crippen LogP contribution < -0.4 is 5.32 Å². The van der Waals surface area contributed by atoms with Gasteiger partial charge in [0.25, 0.3) is 0 Å². The van der Waals surface area contributed by atoms with E-state index in [1.165, 1.54) is 0 Å². The summed E-state index contributed by atoms with van der Waals surface area (Å²) in [7, 11) is 2.05. The Morgan fingerprint density at radius 2 is 1.95 bits per heavy atom. The summed E-state index contributed by atoms with van der Waals surface area (Å²) in [6, 6.07) is 12.3. The number of aryl methyl sites for hydroxylation is 1. The molecular formula is C17H21N3O. The standard InChI is InChI=1S/C17H21N3O/c1-3-10-18-12-14-9-8-13(21-14)11-17-19-15-6-4-5-7-16(15)20(17)2/h4-9,18H,3,10-12H2,1-2H3. The molecule has 0 bridgehead atoms. The van der Waals surface area contributed by atoms with Crippen molar-refractivity contribution in [2.45, 2.75) is 26.3 Å². The molecule has 0 atom stereocenters. The first kappa shape index (κ1) is 13.9. The van der Waals surface area contributed by atoms with Crippen LogP contribution in [0, 0.1) is 0 Å². The lowest BCUT2D eigenvalue weighted by Crippen LogP contribution is -2.13. The van der Waals surface area contributed by atoms with Crippen molar-refractivity contribution < 1.29 is 4.42 Å². The van der Waals surface area contributed by atoms with Gasteiger partial charge in [-0.2, -0.15) is 0 Å². The van der Waals surface area contributed by atoms with Gasteiger partial charge >= 0.3 is 0 Å². The first-order valence-electron chi connectivity index (χ1n) is 7.46. The molecule has 2 heterocycles. The number of nitrogens with one attached hydrogen (secondary N) is 1. The van der Waals surface area contributed by atoms with Gasteiger partial charge in [-0.25, -0.2) is 4.98 Å². The number of aromatic nitrogens is 2. The van der Waals surface area contributed by atoms with Crippen molar-refractivity contribution in [3.63, 3.8) is 0 Å². The molecule has 0 fully saturated rings. The molecule has 110 valence electrons. The van der Waals surface area contributed by atoms with Crippen LogP contribution in [0.5, 0.6) is 0 Å². The quantitative estimate of drug-likeness (QED) is 0.706. The van der Waals surface area contributed by atoms with Gasteiger partial charge in [0.15, 0.2) is 0 Å². The van der Waals surface area contributed by atoms with Crippen LogP contribution in [0.25, 0.3) is 11.0 Å². The first-order chi connectivity index (χ1) is 10.3. The second kappa shape index (κ2) is 6.14. The van der Waals surface area contributed by atoms with E-state index < -0.39 is 0 Å². The minimum Gasteiger partial charge on any atom is -0.464 e. The van der Waals surface area contributed by atoms with Crippen LogP contribution in [0.1, 0.15) is 30.7 Å². The van der Waals surface area contributed by atoms with Gasteiger partial charge in [-0.15, -0.1) is 0 Å². The van der Waals surface area contributed by atoms with Crippen molar-refractivity contribution in [1.29, 1.82) is 0 Å². The van der Waals surface area contributed by atoms with E-state index in [1.807, 2.05) is 30.3 Å². The van der Waals surface area contributed by atoms with Gasteiger partial charge in [-0.05, 0) is 37.2 Å². The van der Waals surface area contributed by atoms with E-state index in [-0.39, 0.29) is 0 Å². The molecule has 4 nitrogen and oxygen atoms in total. The van der Waals surface area contributed by atoms with Crippen molar-refractivity contribution in [2.24, 2.45) is 7.05 Å². The van der Waals surface area contributed by atoms with Crippen LogP contribution in [0.2, 0.25) is 0 Å². The van der Waals surface area contributed by atoms with Gasteiger partial charge < -0.3 is 14.3 Å². The van der Waals surface area contributed by atoms with Crippen molar-refractivity contribution in [1.82, 2.24) is 14.9 Å². The highest BCUT2D eigenvalue weighted by atomic mass is 16.3. The molecule has 0 aliphatic carbocycles. The predicted octanol–water partition coefficient (Wildman–Crippen LogP) is 3.26. The summed E-state index contributed by atoms with van der Waals surface area (Å²) in [5.41, 5.74) is 2.19. The van der Waals surface area contributed by atoms with Crippen molar-refractivity contribution in [3.8, 4) is 0 Å². The summed E-state index contributed by atoms with van der Waals surface area (Å²) in [6.45, 7) is 3.96. The maximum absolute atomic E-state index is 5.87.